The summed E-state index contributed by atoms with van der Waals surface area (Å²) in [6.07, 6.45) is 1.53. The maximum Gasteiger partial charge on any atom is 0.334 e. The number of rotatable bonds is 1. The second kappa shape index (κ2) is 4.47. The third kappa shape index (κ3) is 2.00. The number of H-pyrrole nitrogens is 1. The van der Waals surface area contributed by atoms with Gasteiger partial charge in [-0.25, -0.2) is 14.3 Å². The SMILES string of the molecule is O=c1[nH]c2cc(Br)ccc2c(=O)n1-c1ccccn1. The summed E-state index contributed by atoms with van der Waals surface area (Å²) in [5.41, 5.74) is -0.393. The van der Waals surface area contributed by atoms with Crippen LogP contribution in [0.15, 0.2) is 56.7 Å². The summed E-state index contributed by atoms with van der Waals surface area (Å²) in [4.78, 5) is 31.1. The summed E-state index contributed by atoms with van der Waals surface area (Å²) < 4.78 is 1.82. The zero-order valence-corrected chi connectivity index (χ0v) is 11.2. The average molecular weight is 318 g/mol. The van der Waals surface area contributed by atoms with Crippen LogP contribution in [0, 0.1) is 0 Å². The van der Waals surface area contributed by atoms with E-state index < -0.39 is 5.69 Å². The molecule has 0 unspecified atom stereocenters. The topological polar surface area (TPSA) is 67.8 Å². The van der Waals surface area contributed by atoms with E-state index in [4.69, 9.17) is 0 Å². The highest BCUT2D eigenvalue weighted by atomic mass is 79.9. The van der Waals surface area contributed by atoms with Crippen molar-refractivity contribution in [1.29, 1.82) is 0 Å². The van der Waals surface area contributed by atoms with E-state index in [-0.39, 0.29) is 5.56 Å². The Hall–Kier alpha value is -2.21. The molecule has 94 valence electrons. The summed E-state index contributed by atoms with van der Waals surface area (Å²) in [6, 6.07) is 10.2. The van der Waals surface area contributed by atoms with Gasteiger partial charge < -0.3 is 4.98 Å². The fraction of sp³-hybridized carbons (Fsp3) is 0. The lowest BCUT2D eigenvalue weighted by atomic mass is 10.2. The predicted octanol–water partition coefficient (Wildman–Crippen LogP) is 1.84. The van der Waals surface area contributed by atoms with Crippen molar-refractivity contribution in [2.45, 2.75) is 0 Å². The molecule has 0 amide bonds. The van der Waals surface area contributed by atoms with Gasteiger partial charge in [0.25, 0.3) is 5.56 Å². The molecule has 3 rings (SSSR count). The normalized spacial score (nSPS) is 10.8. The summed E-state index contributed by atoms with van der Waals surface area (Å²) in [5, 5.41) is 0.438. The third-order valence-corrected chi connectivity index (χ3v) is 3.23. The molecule has 0 aliphatic carbocycles. The second-order valence-corrected chi connectivity index (χ2v) is 4.86. The quantitative estimate of drug-likeness (QED) is 0.744. The highest BCUT2D eigenvalue weighted by molar-refractivity contribution is 9.10. The molecule has 0 bridgehead atoms. The number of hydrogen-bond donors (Lipinski definition) is 1. The molecule has 1 aromatic carbocycles. The fourth-order valence-corrected chi connectivity index (χ4v) is 2.25. The van der Waals surface area contributed by atoms with Gasteiger partial charge >= 0.3 is 5.69 Å². The number of aromatic nitrogens is 3. The van der Waals surface area contributed by atoms with Crippen molar-refractivity contribution in [2.75, 3.05) is 0 Å². The van der Waals surface area contributed by atoms with Crippen molar-refractivity contribution < 1.29 is 0 Å². The molecule has 0 atom stereocenters. The van der Waals surface area contributed by atoms with Crippen LogP contribution in [-0.4, -0.2) is 14.5 Å². The first-order valence-electron chi connectivity index (χ1n) is 5.53. The van der Waals surface area contributed by atoms with Crippen LogP contribution < -0.4 is 11.2 Å². The number of halogens is 1. The molecular weight excluding hydrogens is 310 g/mol. The van der Waals surface area contributed by atoms with Gasteiger partial charge in [-0.05, 0) is 30.3 Å². The highest BCUT2D eigenvalue weighted by Gasteiger charge is 2.09. The van der Waals surface area contributed by atoms with Gasteiger partial charge in [-0.3, -0.25) is 4.79 Å². The summed E-state index contributed by atoms with van der Waals surface area (Å²) in [5.74, 6) is 0.304. The first kappa shape index (κ1) is 11.9. The molecule has 0 spiro atoms. The molecule has 0 aliphatic heterocycles. The molecule has 0 saturated heterocycles. The lowest BCUT2D eigenvalue weighted by Gasteiger charge is -2.05. The largest absolute Gasteiger partial charge is 0.334 e. The Kier molecular flexibility index (Phi) is 2.79. The van der Waals surface area contributed by atoms with Crippen molar-refractivity contribution in [3.63, 3.8) is 0 Å². The molecule has 0 saturated carbocycles. The molecule has 0 aliphatic rings. The number of fused-ring (bicyclic) bond motifs is 1. The number of aromatic amines is 1. The van der Waals surface area contributed by atoms with Crippen molar-refractivity contribution in [2.24, 2.45) is 0 Å². The Morgan fingerprint density at radius 2 is 2.00 bits per heavy atom. The number of pyridine rings is 1. The maximum atomic E-state index is 12.3. The predicted molar refractivity (Wildman–Crippen MR) is 75.7 cm³/mol. The lowest BCUT2D eigenvalue weighted by Crippen LogP contribution is -2.34. The van der Waals surface area contributed by atoms with E-state index >= 15 is 0 Å². The Morgan fingerprint density at radius 1 is 1.16 bits per heavy atom. The van der Waals surface area contributed by atoms with E-state index in [2.05, 4.69) is 25.9 Å². The van der Waals surface area contributed by atoms with Crippen LogP contribution in [0.5, 0.6) is 0 Å². The molecule has 0 radical (unpaired) electrons. The zero-order valence-electron chi connectivity index (χ0n) is 9.63. The fourth-order valence-electron chi connectivity index (χ4n) is 1.88. The minimum atomic E-state index is -0.505. The number of benzene rings is 1. The van der Waals surface area contributed by atoms with Crippen molar-refractivity contribution in [3.8, 4) is 5.82 Å². The molecule has 2 heterocycles. The second-order valence-electron chi connectivity index (χ2n) is 3.95. The van der Waals surface area contributed by atoms with E-state index in [1.807, 2.05) is 0 Å². The smallest absolute Gasteiger partial charge is 0.306 e. The summed E-state index contributed by atoms with van der Waals surface area (Å²) >= 11 is 3.30. The van der Waals surface area contributed by atoms with Crippen LogP contribution in [-0.2, 0) is 0 Å². The van der Waals surface area contributed by atoms with Crippen molar-refractivity contribution in [3.05, 3.63) is 67.9 Å². The van der Waals surface area contributed by atoms with Crippen LogP contribution >= 0.6 is 15.9 Å². The molecule has 6 heteroatoms. The van der Waals surface area contributed by atoms with E-state index in [0.29, 0.717) is 16.7 Å². The third-order valence-electron chi connectivity index (χ3n) is 2.74. The first-order valence-corrected chi connectivity index (χ1v) is 6.32. The van der Waals surface area contributed by atoms with Gasteiger partial charge in [0, 0.05) is 10.7 Å². The van der Waals surface area contributed by atoms with Crippen molar-refractivity contribution >= 4 is 26.8 Å². The monoisotopic (exact) mass is 317 g/mol. The van der Waals surface area contributed by atoms with E-state index in [9.17, 15) is 9.59 Å². The number of hydrogen-bond acceptors (Lipinski definition) is 3. The molecule has 2 aromatic heterocycles. The summed E-state index contributed by atoms with van der Waals surface area (Å²) in [7, 11) is 0. The van der Waals surface area contributed by atoms with Gasteiger partial charge in [-0.2, -0.15) is 0 Å². The van der Waals surface area contributed by atoms with Gasteiger partial charge in [0.05, 0.1) is 10.9 Å². The zero-order chi connectivity index (χ0) is 13.4. The Bertz CT molecular complexity index is 868. The standard InChI is InChI=1S/C13H8BrN3O2/c14-8-4-5-9-10(7-8)16-13(19)17(12(9)18)11-3-1-2-6-15-11/h1-7H,(H,16,19). The first-order chi connectivity index (χ1) is 9.16. The van der Waals surface area contributed by atoms with Gasteiger partial charge in [-0.15, -0.1) is 0 Å². The van der Waals surface area contributed by atoms with Gasteiger partial charge in [0.15, 0.2) is 0 Å². The maximum absolute atomic E-state index is 12.3. The van der Waals surface area contributed by atoms with Gasteiger partial charge in [0.2, 0.25) is 0 Å². The molecule has 5 nitrogen and oxygen atoms in total. The van der Waals surface area contributed by atoms with Gasteiger partial charge in [0.1, 0.15) is 5.82 Å². The minimum absolute atomic E-state index is 0.304. The van der Waals surface area contributed by atoms with E-state index in [1.165, 1.54) is 6.20 Å². The van der Waals surface area contributed by atoms with Crippen molar-refractivity contribution in [1.82, 2.24) is 14.5 Å². The van der Waals surface area contributed by atoms with Crippen LogP contribution in [0.25, 0.3) is 16.7 Å². The molecule has 19 heavy (non-hydrogen) atoms. The molecular formula is C13H8BrN3O2. The van der Waals surface area contributed by atoms with Gasteiger partial charge in [-0.1, -0.05) is 22.0 Å². The summed E-state index contributed by atoms with van der Waals surface area (Å²) in [6.45, 7) is 0. The van der Waals surface area contributed by atoms with Crippen LogP contribution in [0.2, 0.25) is 0 Å². The Labute approximate surface area is 115 Å². The minimum Gasteiger partial charge on any atom is -0.306 e. The van der Waals surface area contributed by atoms with Crippen LogP contribution in [0.4, 0.5) is 0 Å². The molecule has 0 fully saturated rings. The molecule has 1 N–H and O–H groups in total. The molecule has 3 aromatic rings. The highest BCUT2D eigenvalue weighted by Crippen LogP contribution is 2.14. The lowest BCUT2D eigenvalue weighted by molar-refractivity contribution is 0.868. The Balaban J connectivity index is 2.43. The number of nitrogens with zero attached hydrogens (tertiary/aromatic N) is 2. The average Bonchev–Trinajstić information content (AvgIpc) is 2.39. The Morgan fingerprint density at radius 3 is 2.74 bits per heavy atom. The van der Waals surface area contributed by atoms with E-state index in [0.717, 1.165) is 9.04 Å². The number of nitrogens with one attached hydrogen (secondary N) is 1. The van der Waals surface area contributed by atoms with Crippen LogP contribution in [0.3, 0.4) is 0 Å². The van der Waals surface area contributed by atoms with E-state index in [1.54, 1.807) is 36.4 Å². The van der Waals surface area contributed by atoms with Crippen LogP contribution in [0.1, 0.15) is 0 Å².